The van der Waals surface area contributed by atoms with Gasteiger partial charge in [-0.1, -0.05) is 6.07 Å². The van der Waals surface area contributed by atoms with Crippen molar-refractivity contribution in [1.82, 2.24) is 4.90 Å². The van der Waals surface area contributed by atoms with E-state index in [0.717, 1.165) is 0 Å². The number of rotatable bonds is 2. The normalized spacial score (nSPS) is 16.4. The Morgan fingerprint density at radius 3 is 2.63 bits per heavy atom. The fourth-order valence-corrected chi connectivity index (χ4v) is 2.45. The second kappa shape index (κ2) is 4.65. The Hall–Kier alpha value is -1.90. The van der Waals surface area contributed by atoms with Crippen LogP contribution in [0.5, 0.6) is 11.5 Å². The number of hydrogen-bond acceptors (Lipinski definition) is 5. The maximum Gasteiger partial charge on any atom is 0.430 e. The lowest BCUT2D eigenvalue weighted by Gasteiger charge is -2.23. The average Bonchev–Trinajstić information content (AvgIpc) is 2.25. The minimum Gasteiger partial charge on any atom is -0.434 e. The summed E-state index contributed by atoms with van der Waals surface area (Å²) in [4.78, 5) is 1.37. The molecular formula is C10H10F2N2O4S. The van der Waals surface area contributed by atoms with Crippen molar-refractivity contribution in [2.24, 2.45) is 4.40 Å². The predicted molar refractivity (Wildman–Crippen MR) is 62.8 cm³/mol. The highest BCUT2D eigenvalue weighted by atomic mass is 32.2. The zero-order valence-electron chi connectivity index (χ0n) is 10.0. The molecule has 0 N–H and O–H groups in total. The molecule has 1 aliphatic rings. The molecule has 1 aliphatic heterocycles. The van der Waals surface area contributed by atoms with E-state index < -0.39 is 16.9 Å². The molecule has 104 valence electrons. The summed E-state index contributed by atoms with van der Waals surface area (Å²) < 4.78 is 59.9. The number of nitrogens with zero attached hydrogens (tertiary/aromatic N) is 2. The van der Waals surface area contributed by atoms with Gasteiger partial charge in [-0.2, -0.15) is 17.2 Å². The van der Waals surface area contributed by atoms with Crippen LogP contribution < -0.4 is 8.92 Å². The quantitative estimate of drug-likeness (QED) is 0.820. The van der Waals surface area contributed by atoms with Crippen molar-refractivity contribution < 1.29 is 26.1 Å². The molecule has 1 aromatic rings. The van der Waals surface area contributed by atoms with Gasteiger partial charge < -0.3 is 13.8 Å². The molecule has 0 unspecified atom stereocenters. The van der Waals surface area contributed by atoms with Gasteiger partial charge in [0.1, 0.15) is 11.3 Å². The molecule has 0 spiro atoms. The van der Waals surface area contributed by atoms with Gasteiger partial charge in [0.05, 0.1) is 0 Å². The van der Waals surface area contributed by atoms with E-state index in [1.165, 1.54) is 37.2 Å². The first-order valence-electron chi connectivity index (χ1n) is 5.10. The van der Waals surface area contributed by atoms with Crippen LogP contribution in [0.3, 0.4) is 0 Å². The summed E-state index contributed by atoms with van der Waals surface area (Å²) in [5.74, 6) is -0.329. The number of hydrogen-bond donors (Lipinski definition) is 0. The van der Waals surface area contributed by atoms with Gasteiger partial charge in [-0.25, -0.2) is 0 Å². The third-order valence-electron chi connectivity index (χ3n) is 2.24. The Kier molecular flexibility index (Phi) is 3.31. The minimum atomic E-state index is -4.13. The first-order chi connectivity index (χ1) is 8.80. The Balaban J connectivity index is 2.63. The highest BCUT2D eigenvalue weighted by molar-refractivity contribution is 7.86. The van der Waals surface area contributed by atoms with Gasteiger partial charge in [0.15, 0.2) is 11.6 Å². The lowest BCUT2D eigenvalue weighted by molar-refractivity contribution is -0.0500. The van der Waals surface area contributed by atoms with Gasteiger partial charge in [0, 0.05) is 14.1 Å². The topological polar surface area (TPSA) is 68.2 Å². The summed E-state index contributed by atoms with van der Waals surface area (Å²) >= 11 is 0. The lowest BCUT2D eigenvalue weighted by Crippen LogP contribution is -2.30. The van der Waals surface area contributed by atoms with Crippen LogP contribution in [-0.2, 0) is 10.3 Å². The Morgan fingerprint density at radius 2 is 2.05 bits per heavy atom. The maximum atomic E-state index is 12.3. The van der Waals surface area contributed by atoms with Crippen LogP contribution in [0.15, 0.2) is 22.6 Å². The number of ether oxygens (including phenoxy) is 1. The van der Waals surface area contributed by atoms with Crippen LogP contribution in [0.2, 0.25) is 0 Å². The predicted octanol–water partition coefficient (Wildman–Crippen LogP) is 1.23. The van der Waals surface area contributed by atoms with Crippen molar-refractivity contribution in [2.45, 2.75) is 6.61 Å². The van der Waals surface area contributed by atoms with Crippen LogP contribution in [0.1, 0.15) is 5.56 Å². The number of benzene rings is 1. The number of halogens is 2. The Labute approximate surface area is 108 Å². The van der Waals surface area contributed by atoms with Crippen LogP contribution in [0, 0.1) is 0 Å². The van der Waals surface area contributed by atoms with Gasteiger partial charge in [-0.3, -0.25) is 0 Å². The molecule has 19 heavy (non-hydrogen) atoms. The average molecular weight is 292 g/mol. The molecule has 6 nitrogen and oxygen atoms in total. The summed E-state index contributed by atoms with van der Waals surface area (Å²) in [6.07, 6.45) is 0. The third kappa shape index (κ3) is 2.75. The molecule has 0 fully saturated rings. The van der Waals surface area contributed by atoms with Crippen LogP contribution >= 0.6 is 0 Å². The van der Waals surface area contributed by atoms with Crippen LogP contribution in [-0.4, -0.2) is 39.9 Å². The fourth-order valence-electron chi connectivity index (χ4n) is 1.58. The standard InChI is InChI=1S/C10H10F2N2O4S/c1-14(2)9-8-6(17-10(11)12)4-3-5-7(8)18-19(15,16)13-9/h3-5,10H,1-2H3. The third-order valence-corrected chi connectivity index (χ3v) is 3.03. The fraction of sp³-hybridized carbons (Fsp3) is 0.300. The zero-order valence-corrected chi connectivity index (χ0v) is 10.8. The molecule has 0 bridgehead atoms. The molecule has 1 aromatic carbocycles. The molecule has 2 rings (SSSR count). The van der Waals surface area contributed by atoms with Gasteiger partial charge in [-0.15, -0.1) is 4.40 Å². The monoisotopic (exact) mass is 292 g/mol. The maximum absolute atomic E-state index is 12.3. The van der Waals surface area contributed by atoms with Crippen molar-refractivity contribution in [3.05, 3.63) is 23.8 Å². The molecule has 0 amide bonds. The molecule has 0 saturated carbocycles. The molecule has 0 aromatic heterocycles. The van der Waals surface area contributed by atoms with Crippen molar-refractivity contribution in [2.75, 3.05) is 14.1 Å². The van der Waals surface area contributed by atoms with E-state index >= 15 is 0 Å². The summed E-state index contributed by atoms with van der Waals surface area (Å²) in [7, 11) is -1.07. The molecule has 0 atom stereocenters. The van der Waals surface area contributed by atoms with E-state index in [2.05, 4.69) is 13.3 Å². The first kappa shape index (κ1) is 13.5. The first-order valence-corrected chi connectivity index (χ1v) is 6.46. The lowest BCUT2D eigenvalue weighted by atomic mass is 10.1. The molecule has 0 aliphatic carbocycles. The Morgan fingerprint density at radius 1 is 1.37 bits per heavy atom. The van der Waals surface area contributed by atoms with E-state index in [1.807, 2.05) is 0 Å². The van der Waals surface area contributed by atoms with Gasteiger partial charge in [0.25, 0.3) is 0 Å². The number of fused-ring (bicyclic) bond motifs is 1. The SMILES string of the molecule is CN(C)C1=NS(=O)(=O)Oc2cccc(OC(F)F)c21. The van der Waals surface area contributed by atoms with E-state index in [0.29, 0.717) is 0 Å². The highest BCUT2D eigenvalue weighted by Gasteiger charge is 2.30. The van der Waals surface area contributed by atoms with Gasteiger partial charge in [0.2, 0.25) is 0 Å². The minimum absolute atomic E-state index is 0.0301. The second-order valence-electron chi connectivity index (χ2n) is 3.83. The summed E-state index contributed by atoms with van der Waals surface area (Å²) in [5, 5.41) is 0. The van der Waals surface area contributed by atoms with Gasteiger partial charge in [-0.05, 0) is 12.1 Å². The highest BCUT2D eigenvalue weighted by Crippen LogP contribution is 2.34. The van der Waals surface area contributed by atoms with Crippen molar-refractivity contribution >= 4 is 16.1 Å². The largest absolute Gasteiger partial charge is 0.434 e. The van der Waals surface area contributed by atoms with E-state index in [-0.39, 0.29) is 22.9 Å². The van der Waals surface area contributed by atoms with Gasteiger partial charge >= 0.3 is 16.9 Å². The van der Waals surface area contributed by atoms with Crippen molar-refractivity contribution in [3.8, 4) is 11.5 Å². The molecule has 9 heteroatoms. The summed E-state index contributed by atoms with van der Waals surface area (Å²) in [6.45, 7) is -3.03. The van der Waals surface area contributed by atoms with E-state index in [1.54, 1.807) is 0 Å². The molecule has 1 heterocycles. The smallest absolute Gasteiger partial charge is 0.430 e. The molecule has 0 saturated heterocycles. The van der Waals surface area contributed by atoms with Crippen LogP contribution in [0.4, 0.5) is 8.78 Å². The van der Waals surface area contributed by atoms with Crippen molar-refractivity contribution in [1.29, 1.82) is 0 Å². The van der Waals surface area contributed by atoms with Crippen LogP contribution in [0.25, 0.3) is 0 Å². The summed E-state index contributed by atoms with van der Waals surface area (Å²) in [5.41, 5.74) is 0.0719. The van der Waals surface area contributed by atoms with Crippen molar-refractivity contribution in [3.63, 3.8) is 0 Å². The van der Waals surface area contributed by atoms with E-state index in [9.17, 15) is 17.2 Å². The summed E-state index contributed by atoms with van der Waals surface area (Å²) in [6, 6.07) is 3.97. The number of amidine groups is 1. The second-order valence-corrected chi connectivity index (χ2v) is 5.03. The number of alkyl halides is 2. The molecular weight excluding hydrogens is 282 g/mol. The van der Waals surface area contributed by atoms with E-state index in [4.69, 9.17) is 0 Å². The molecule has 0 radical (unpaired) electrons. The Bertz CT molecular complexity index is 628. The zero-order chi connectivity index (χ0) is 14.2.